The molecular formula is C20H28N2O4. The molecule has 1 aliphatic rings. The highest BCUT2D eigenvalue weighted by Crippen LogP contribution is 2.21. The summed E-state index contributed by atoms with van der Waals surface area (Å²) >= 11 is 0. The van der Waals surface area contributed by atoms with Crippen LogP contribution < -0.4 is 5.32 Å². The number of nitrogens with one attached hydrogen (secondary N) is 1. The number of esters is 1. The molecule has 1 saturated heterocycles. The van der Waals surface area contributed by atoms with E-state index in [-0.39, 0.29) is 17.7 Å². The number of amides is 2. The Bertz CT molecular complexity index is 671. The average molecular weight is 360 g/mol. The number of carbonyl (C=O) groups excluding carboxylic acids is 3. The van der Waals surface area contributed by atoms with E-state index in [4.69, 9.17) is 4.74 Å². The molecule has 26 heavy (non-hydrogen) atoms. The Kier molecular flexibility index (Phi) is 6.40. The van der Waals surface area contributed by atoms with Crippen molar-refractivity contribution in [2.24, 2.45) is 5.92 Å². The lowest BCUT2D eigenvalue weighted by molar-refractivity contribution is -0.151. The molecule has 0 aromatic heterocycles. The summed E-state index contributed by atoms with van der Waals surface area (Å²) in [4.78, 5) is 39.1. The van der Waals surface area contributed by atoms with E-state index in [1.807, 2.05) is 38.1 Å². The minimum atomic E-state index is -1.05. The van der Waals surface area contributed by atoms with Gasteiger partial charge in [0, 0.05) is 18.7 Å². The molecule has 0 radical (unpaired) electrons. The molecule has 2 rings (SSSR count). The predicted octanol–water partition coefficient (Wildman–Crippen LogP) is 2.31. The van der Waals surface area contributed by atoms with Crippen LogP contribution in [0.25, 0.3) is 0 Å². The first-order valence-electron chi connectivity index (χ1n) is 9.07. The molecule has 1 aromatic rings. The molecule has 1 heterocycles. The topological polar surface area (TPSA) is 75.7 Å². The largest absolute Gasteiger partial charge is 0.467 e. The molecule has 0 unspecified atom stereocenters. The summed E-state index contributed by atoms with van der Waals surface area (Å²) in [6, 6.07) is 7.44. The highest BCUT2D eigenvalue weighted by molar-refractivity contribution is 5.95. The van der Waals surface area contributed by atoms with Crippen molar-refractivity contribution in [2.75, 3.05) is 20.2 Å². The highest BCUT2D eigenvalue weighted by Gasteiger charge is 2.37. The number of ether oxygens (including phenoxy) is 1. The molecule has 6 heteroatoms. The Morgan fingerprint density at radius 3 is 2.50 bits per heavy atom. The fourth-order valence-electron chi connectivity index (χ4n) is 3.14. The van der Waals surface area contributed by atoms with Crippen molar-refractivity contribution in [2.45, 2.75) is 45.6 Å². The summed E-state index contributed by atoms with van der Waals surface area (Å²) in [5, 5.41) is 2.82. The van der Waals surface area contributed by atoms with Gasteiger partial charge in [0.25, 0.3) is 5.91 Å². The highest BCUT2D eigenvalue weighted by atomic mass is 16.5. The zero-order chi connectivity index (χ0) is 19.3. The summed E-state index contributed by atoms with van der Waals surface area (Å²) < 4.78 is 4.80. The maximum absolute atomic E-state index is 12.7. The molecular weight excluding hydrogens is 332 g/mol. The van der Waals surface area contributed by atoms with Gasteiger partial charge in [0.2, 0.25) is 5.91 Å². The lowest BCUT2D eigenvalue weighted by atomic mass is 9.93. The molecule has 0 spiro atoms. The van der Waals surface area contributed by atoms with Crippen LogP contribution in [0.2, 0.25) is 0 Å². The monoisotopic (exact) mass is 360 g/mol. The Hall–Kier alpha value is -2.37. The lowest BCUT2D eigenvalue weighted by Crippen LogP contribution is -2.56. The van der Waals surface area contributed by atoms with Crippen molar-refractivity contribution in [3.63, 3.8) is 0 Å². The molecule has 1 fully saturated rings. The van der Waals surface area contributed by atoms with E-state index in [9.17, 15) is 14.4 Å². The number of nitrogens with zero attached hydrogens (tertiary/aromatic N) is 1. The molecule has 142 valence electrons. The molecule has 0 saturated carbocycles. The lowest BCUT2D eigenvalue weighted by Gasteiger charge is -2.34. The van der Waals surface area contributed by atoms with Crippen LogP contribution in [-0.4, -0.2) is 48.4 Å². The van der Waals surface area contributed by atoms with E-state index < -0.39 is 11.5 Å². The molecule has 0 aliphatic carbocycles. The van der Waals surface area contributed by atoms with E-state index in [0.717, 1.165) is 12.0 Å². The van der Waals surface area contributed by atoms with Crippen LogP contribution in [0.15, 0.2) is 24.3 Å². The number of rotatable bonds is 5. The normalized spacial score (nSPS) is 19.4. The first kappa shape index (κ1) is 19.9. The van der Waals surface area contributed by atoms with Gasteiger partial charge in [-0.1, -0.05) is 24.6 Å². The number of hydrogen-bond donors (Lipinski definition) is 1. The molecule has 2 atom stereocenters. The summed E-state index contributed by atoms with van der Waals surface area (Å²) in [5.74, 6) is -1.06. The van der Waals surface area contributed by atoms with Crippen LogP contribution in [0.5, 0.6) is 0 Å². The number of likely N-dealkylation sites (tertiary alicyclic amines) is 1. The number of carbonyl (C=O) groups is 3. The standard InChI is InChI=1S/C20H28N2O4/c1-5-20(3,19(25)26-4)21-17(23)16-7-6-12-22(13-16)18(24)15-10-8-14(2)9-11-15/h8-11,16H,5-7,12-13H2,1-4H3,(H,21,23)/t16-,20+/m0/s1. The number of aryl methyl sites for hydroxylation is 1. The van der Waals surface area contributed by atoms with Crippen LogP contribution in [0.3, 0.4) is 0 Å². The summed E-state index contributed by atoms with van der Waals surface area (Å²) in [6.07, 6.45) is 1.89. The second kappa shape index (κ2) is 8.34. The number of benzene rings is 1. The zero-order valence-electron chi connectivity index (χ0n) is 16.0. The predicted molar refractivity (Wildman–Crippen MR) is 98.7 cm³/mol. The van der Waals surface area contributed by atoms with E-state index in [2.05, 4.69) is 5.32 Å². The Morgan fingerprint density at radius 2 is 1.92 bits per heavy atom. The third kappa shape index (κ3) is 4.42. The first-order chi connectivity index (χ1) is 12.3. The number of hydrogen-bond acceptors (Lipinski definition) is 4. The van der Waals surface area contributed by atoms with Gasteiger partial charge >= 0.3 is 5.97 Å². The van der Waals surface area contributed by atoms with Crippen LogP contribution in [0.4, 0.5) is 0 Å². The van der Waals surface area contributed by atoms with E-state index in [1.165, 1.54) is 7.11 Å². The first-order valence-corrected chi connectivity index (χ1v) is 9.07. The van der Waals surface area contributed by atoms with Gasteiger partial charge in [-0.25, -0.2) is 4.79 Å². The van der Waals surface area contributed by atoms with E-state index >= 15 is 0 Å². The van der Waals surface area contributed by atoms with Crippen molar-refractivity contribution in [1.82, 2.24) is 10.2 Å². The van der Waals surface area contributed by atoms with Gasteiger partial charge in [-0.2, -0.15) is 0 Å². The van der Waals surface area contributed by atoms with Gasteiger partial charge in [0.05, 0.1) is 13.0 Å². The molecule has 1 N–H and O–H groups in total. The fraction of sp³-hybridized carbons (Fsp3) is 0.550. The van der Waals surface area contributed by atoms with Crippen LogP contribution in [0, 0.1) is 12.8 Å². The van der Waals surface area contributed by atoms with E-state index in [1.54, 1.807) is 11.8 Å². The van der Waals surface area contributed by atoms with E-state index in [0.29, 0.717) is 31.5 Å². The minimum absolute atomic E-state index is 0.0614. The fourth-order valence-corrected chi connectivity index (χ4v) is 3.14. The quantitative estimate of drug-likeness (QED) is 0.818. The van der Waals surface area contributed by atoms with Gasteiger partial charge < -0.3 is 15.0 Å². The zero-order valence-corrected chi connectivity index (χ0v) is 16.0. The van der Waals surface area contributed by atoms with Gasteiger partial charge in [-0.3, -0.25) is 9.59 Å². The molecule has 6 nitrogen and oxygen atoms in total. The van der Waals surface area contributed by atoms with Crippen molar-refractivity contribution >= 4 is 17.8 Å². The smallest absolute Gasteiger partial charge is 0.331 e. The van der Waals surface area contributed by atoms with Crippen molar-refractivity contribution in [1.29, 1.82) is 0 Å². The van der Waals surface area contributed by atoms with Crippen molar-refractivity contribution in [3.8, 4) is 0 Å². The Labute approximate surface area is 154 Å². The molecule has 2 amide bonds. The van der Waals surface area contributed by atoms with Gasteiger partial charge in [0.15, 0.2) is 0 Å². The third-order valence-corrected chi connectivity index (χ3v) is 5.12. The molecule has 1 aromatic carbocycles. The van der Waals surface area contributed by atoms with Gasteiger partial charge in [-0.15, -0.1) is 0 Å². The van der Waals surface area contributed by atoms with Crippen LogP contribution in [0.1, 0.15) is 49.0 Å². The summed E-state index contributed by atoms with van der Waals surface area (Å²) in [7, 11) is 1.31. The Balaban J connectivity index is 2.05. The second-order valence-electron chi connectivity index (χ2n) is 7.12. The SMILES string of the molecule is CC[C@@](C)(NC(=O)[C@H]1CCCN(C(=O)c2ccc(C)cc2)C1)C(=O)OC. The van der Waals surface area contributed by atoms with Crippen molar-refractivity contribution < 1.29 is 19.1 Å². The minimum Gasteiger partial charge on any atom is -0.467 e. The van der Waals surface area contributed by atoms with Crippen LogP contribution in [-0.2, 0) is 14.3 Å². The van der Waals surface area contributed by atoms with Crippen molar-refractivity contribution in [3.05, 3.63) is 35.4 Å². The van der Waals surface area contributed by atoms with Gasteiger partial charge in [0.1, 0.15) is 5.54 Å². The maximum Gasteiger partial charge on any atom is 0.331 e. The molecule has 1 aliphatic heterocycles. The Morgan fingerprint density at radius 1 is 1.27 bits per heavy atom. The summed E-state index contributed by atoms with van der Waals surface area (Å²) in [5.41, 5.74) is 0.679. The number of piperidine rings is 1. The average Bonchev–Trinajstić information content (AvgIpc) is 2.67. The third-order valence-electron chi connectivity index (χ3n) is 5.12. The molecule has 0 bridgehead atoms. The summed E-state index contributed by atoms with van der Waals surface area (Å²) in [6.45, 7) is 6.46. The van der Waals surface area contributed by atoms with Crippen LogP contribution >= 0.6 is 0 Å². The number of methoxy groups -OCH3 is 1. The maximum atomic E-state index is 12.7. The van der Waals surface area contributed by atoms with Gasteiger partial charge in [-0.05, 0) is 45.2 Å². The second-order valence-corrected chi connectivity index (χ2v) is 7.12.